The van der Waals surface area contributed by atoms with Crippen molar-refractivity contribution in [3.8, 4) is 0 Å². The zero-order chi connectivity index (χ0) is 20.4. The lowest BCUT2D eigenvalue weighted by molar-refractivity contribution is -0.130. The van der Waals surface area contributed by atoms with Crippen LogP contribution >= 0.6 is 0 Å². The molecule has 1 amide bonds. The third-order valence-electron chi connectivity index (χ3n) is 5.68. The Kier molecular flexibility index (Phi) is 5.25. The van der Waals surface area contributed by atoms with Crippen LogP contribution in [-0.2, 0) is 17.8 Å². The van der Waals surface area contributed by atoms with Gasteiger partial charge >= 0.3 is 5.97 Å². The number of aromatic nitrogens is 1. The van der Waals surface area contributed by atoms with Crippen molar-refractivity contribution in [2.75, 3.05) is 31.1 Å². The molecule has 4 rings (SSSR count). The number of fused-ring (bicyclic) bond motifs is 1. The predicted molar refractivity (Wildman–Crippen MR) is 114 cm³/mol. The van der Waals surface area contributed by atoms with Crippen LogP contribution in [0.1, 0.15) is 23.0 Å². The number of carboxylic acids is 1. The van der Waals surface area contributed by atoms with E-state index in [0.717, 1.165) is 24.0 Å². The minimum absolute atomic E-state index is 0.0146. The Morgan fingerprint density at radius 3 is 2.24 bits per heavy atom. The highest BCUT2D eigenvalue weighted by atomic mass is 16.4. The Balaban J connectivity index is 1.54. The van der Waals surface area contributed by atoms with Crippen molar-refractivity contribution in [1.82, 2.24) is 9.47 Å². The summed E-state index contributed by atoms with van der Waals surface area (Å²) >= 11 is 0. The Bertz CT molecular complexity index is 1030. The number of aromatic carboxylic acids is 1. The minimum atomic E-state index is -0.986. The first-order valence-corrected chi connectivity index (χ1v) is 10.0. The van der Waals surface area contributed by atoms with Gasteiger partial charge in [0.25, 0.3) is 0 Å². The van der Waals surface area contributed by atoms with Gasteiger partial charge in [-0.05, 0) is 25.1 Å². The lowest BCUT2D eigenvalue weighted by atomic mass is 10.1. The van der Waals surface area contributed by atoms with Gasteiger partial charge in [0.1, 0.15) is 5.69 Å². The highest BCUT2D eigenvalue weighted by Crippen LogP contribution is 2.28. The number of rotatable bonds is 5. The third-order valence-corrected chi connectivity index (χ3v) is 5.68. The molecule has 1 fully saturated rings. The van der Waals surface area contributed by atoms with E-state index >= 15 is 0 Å². The summed E-state index contributed by atoms with van der Waals surface area (Å²) in [7, 11) is 0. The first-order valence-electron chi connectivity index (χ1n) is 10.0. The predicted octanol–water partition coefficient (Wildman–Crippen LogP) is 3.25. The van der Waals surface area contributed by atoms with E-state index in [4.69, 9.17) is 0 Å². The van der Waals surface area contributed by atoms with Crippen LogP contribution in [0.2, 0.25) is 0 Å². The fourth-order valence-corrected chi connectivity index (χ4v) is 4.24. The zero-order valence-electron chi connectivity index (χ0n) is 16.5. The number of hydrogen-bond acceptors (Lipinski definition) is 3. The number of hydrogen-bond donors (Lipinski definition) is 1. The maximum absolute atomic E-state index is 13.0. The Morgan fingerprint density at radius 1 is 0.931 bits per heavy atom. The van der Waals surface area contributed by atoms with Crippen molar-refractivity contribution in [2.24, 2.45) is 0 Å². The molecule has 1 aromatic heterocycles. The SMILES string of the molecule is CCn1c(C(=O)O)c(CC(=O)N2CCN(c3ccccc3)CC2)c2ccccc21. The summed E-state index contributed by atoms with van der Waals surface area (Å²) in [6.07, 6.45) is 0.112. The van der Waals surface area contributed by atoms with Crippen LogP contribution in [0.5, 0.6) is 0 Å². The fraction of sp³-hybridized carbons (Fsp3) is 0.304. The zero-order valence-corrected chi connectivity index (χ0v) is 16.5. The number of para-hydroxylation sites is 2. The normalized spacial score (nSPS) is 14.4. The summed E-state index contributed by atoms with van der Waals surface area (Å²) in [5.74, 6) is -1.00. The summed E-state index contributed by atoms with van der Waals surface area (Å²) in [6.45, 7) is 5.31. The Labute approximate surface area is 170 Å². The standard InChI is InChI=1S/C23H25N3O3/c1-2-26-20-11-7-6-10-18(20)19(22(26)23(28)29)16-21(27)25-14-12-24(13-15-25)17-8-4-3-5-9-17/h3-11H,2,12-16H2,1H3,(H,28,29). The molecule has 0 spiro atoms. The van der Waals surface area contributed by atoms with E-state index in [1.807, 2.05) is 54.3 Å². The number of amides is 1. The lowest BCUT2D eigenvalue weighted by Gasteiger charge is -2.36. The second kappa shape index (κ2) is 7.99. The van der Waals surface area contributed by atoms with Crippen LogP contribution in [0, 0.1) is 0 Å². The lowest BCUT2D eigenvalue weighted by Crippen LogP contribution is -2.49. The largest absolute Gasteiger partial charge is 0.477 e. The molecule has 0 aliphatic carbocycles. The van der Waals surface area contributed by atoms with Crippen LogP contribution in [0.25, 0.3) is 10.9 Å². The fourth-order valence-electron chi connectivity index (χ4n) is 4.24. The average Bonchev–Trinajstić information content (AvgIpc) is 3.08. The molecular formula is C23H25N3O3. The van der Waals surface area contributed by atoms with Crippen LogP contribution in [0.3, 0.4) is 0 Å². The number of piperazine rings is 1. The van der Waals surface area contributed by atoms with Crippen LogP contribution < -0.4 is 4.90 Å². The van der Waals surface area contributed by atoms with E-state index in [1.165, 1.54) is 5.69 Å². The van der Waals surface area contributed by atoms with Gasteiger partial charge in [-0.15, -0.1) is 0 Å². The molecule has 3 aromatic rings. The van der Waals surface area contributed by atoms with Gasteiger partial charge in [-0.1, -0.05) is 36.4 Å². The molecule has 1 aliphatic heterocycles. The molecule has 0 radical (unpaired) electrons. The van der Waals surface area contributed by atoms with E-state index in [9.17, 15) is 14.7 Å². The molecule has 2 aromatic carbocycles. The Hall–Kier alpha value is -3.28. The highest BCUT2D eigenvalue weighted by Gasteiger charge is 2.27. The smallest absolute Gasteiger partial charge is 0.352 e. The van der Waals surface area contributed by atoms with Crippen LogP contribution in [0.15, 0.2) is 54.6 Å². The van der Waals surface area contributed by atoms with Gasteiger partial charge in [0, 0.05) is 54.9 Å². The van der Waals surface area contributed by atoms with Crippen molar-refractivity contribution in [3.63, 3.8) is 0 Å². The number of carbonyl (C=O) groups excluding carboxylic acids is 1. The summed E-state index contributed by atoms with van der Waals surface area (Å²) in [5.41, 5.74) is 2.87. The minimum Gasteiger partial charge on any atom is -0.477 e. The van der Waals surface area contributed by atoms with Crippen molar-refractivity contribution >= 4 is 28.5 Å². The van der Waals surface area contributed by atoms with E-state index in [0.29, 0.717) is 25.2 Å². The third kappa shape index (κ3) is 3.58. The molecule has 29 heavy (non-hydrogen) atoms. The van der Waals surface area contributed by atoms with Crippen molar-refractivity contribution < 1.29 is 14.7 Å². The molecule has 150 valence electrons. The average molecular weight is 391 g/mol. The molecular weight excluding hydrogens is 366 g/mol. The van der Waals surface area contributed by atoms with E-state index < -0.39 is 5.97 Å². The van der Waals surface area contributed by atoms with Gasteiger partial charge in [-0.2, -0.15) is 0 Å². The molecule has 6 heteroatoms. The number of aryl methyl sites for hydroxylation is 1. The molecule has 0 atom stereocenters. The second-order valence-corrected chi connectivity index (χ2v) is 7.27. The first kappa shape index (κ1) is 19.1. The molecule has 2 heterocycles. The number of carbonyl (C=O) groups is 2. The van der Waals surface area contributed by atoms with Crippen molar-refractivity contribution in [3.05, 3.63) is 65.9 Å². The monoisotopic (exact) mass is 391 g/mol. The number of benzene rings is 2. The molecule has 1 N–H and O–H groups in total. The quantitative estimate of drug-likeness (QED) is 0.725. The van der Waals surface area contributed by atoms with Crippen molar-refractivity contribution in [1.29, 1.82) is 0 Å². The van der Waals surface area contributed by atoms with Gasteiger partial charge in [0.2, 0.25) is 5.91 Å². The van der Waals surface area contributed by atoms with E-state index in [2.05, 4.69) is 17.0 Å². The molecule has 1 saturated heterocycles. The number of carboxylic acid groups (broad SMARTS) is 1. The van der Waals surface area contributed by atoms with Gasteiger partial charge in [0.15, 0.2) is 0 Å². The maximum atomic E-state index is 13.0. The van der Waals surface area contributed by atoms with Crippen LogP contribution in [-0.4, -0.2) is 52.6 Å². The van der Waals surface area contributed by atoms with Gasteiger partial charge in [-0.25, -0.2) is 4.79 Å². The summed E-state index contributed by atoms with van der Waals surface area (Å²) in [6, 6.07) is 17.8. The van der Waals surface area contributed by atoms with E-state index in [-0.39, 0.29) is 18.0 Å². The molecule has 6 nitrogen and oxygen atoms in total. The molecule has 0 bridgehead atoms. The topological polar surface area (TPSA) is 65.8 Å². The molecule has 0 saturated carbocycles. The highest BCUT2D eigenvalue weighted by molar-refractivity contribution is 6.00. The molecule has 1 aliphatic rings. The first-order chi connectivity index (χ1) is 14.1. The van der Waals surface area contributed by atoms with E-state index in [1.54, 1.807) is 4.57 Å². The Morgan fingerprint density at radius 2 is 1.59 bits per heavy atom. The number of nitrogens with zero attached hydrogens (tertiary/aromatic N) is 3. The maximum Gasteiger partial charge on any atom is 0.352 e. The second-order valence-electron chi connectivity index (χ2n) is 7.27. The summed E-state index contributed by atoms with van der Waals surface area (Å²) in [4.78, 5) is 29.1. The van der Waals surface area contributed by atoms with Crippen molar-refractivity contribution in [2.45, 2.75) is 19.9 Å². The summed E-state index contributed by atoms with van der Waals surface area (Å²) in [5, 5.41) is 10.7. The summed E-state index contributed by atoms with van der Waals surface area (Å²) < 4.78 is 1.79. The van der Waals surface area contributed by atoms with Gasteiger partial charge in [0.05, 0.1) is 6.42 Å². The van der Waals surface area contributed by atoms with Gasteiger partial charge in [-0.3, -0.25) is 4.79 Å². The number of anilines is 1. The molecule has 0 unspecified atom stereocenters. The van der Waals surface area contributed by atoms with Crippen LogP contribution in [0.4, 0.5) is 5.69 Å². The van der Waals surface area contributed by atoms with Gasteiger partial charge < -0.3 is 19.5 Å².